The van der Waals surface area contributed by atoms with E-state index < -0.39 is 41.7 Å². The molecule has 0 heterocycles. The molecule has 0 aliphatic carbocycles. The Morgan fingerprint density at radius 3 is 2.14 bits per heavy atom. The van der Waals surface area contributed by atoms with Gasteiger partial charge in [0, 0.05) is 14.1 Å². The SMILES string of the molecule is Cc1ccc(NS(=O)(=O)c2ccc(Cl)c(C(F)(F)F)c2)cc1S(=O)(=O)N(C)C. The highest BCUT2D eigenvalue weighted by atomic mass is 35.5. The number of hydrogen-bond acceptors (Lipinski definition) is 4. The Morgan fingerprint density at radius 1 is 1.00 bits per heavy atom. The fourth-order valence-electron chi connectivity index (χ4n) is 2.24. The van der Waals surface area contributed by atoms with E-state index in [1.165, 1.54) is 33.2 Å². The van der Waals surface area contributed by atoms with Crippen LogP contribution in [0, 0.1) is 6.92 Å². The van der Waals surface area contributed by atoms with Crippen molar-refractivity contribution < 1.29 is 30.0 Å². The number of aryl methyl sites for hydroxylation is 1. The molecule has 0 radical (unpaired) electrons. The highest BCUT2D eigenvalue weighted by Crippen LogP contribution is 2.36. The monoisotopic (exact) mass is 456 g/mol. The summed E-state index contributed by atoms with van der Waals surface area (Å²) in [6.45, 7) is 1.53. The number of nitrogens with one attached hydrogen (secondary N) is 1. The summed E-state index contributed by atoms with van der Waals surface area (Å²) < 4.78 is 91.6. The molecule has 2 aromatic rings. The minimum absolute atomic E-state index is 0.116. The lowest BCUT2D eigenvalue weighted by Gasteiger charge is -2.16. The third kappa shape index (κ3) is 4.59. The third-order valence-corrected chi connectivity index (χ3v) is 7.42. The van der Waals surface area contributed by atoms with Gasteiger partial charge in [0.1, 0.15) is 0 Å². The van der Waals surface area contributed by atoms with Crippen LogP contribution in [0.2, 0.25) is 5.02 Å². The predicted molar refractivity (Wildman–Crippen MR) is 99.3 cm³/mol. The summed E-state index contributed by atoms with van der Waals surface area (Å²) >= 11 is 5.50. The van der Waals surface area contributed by atoms with Crippen LogP contribution in [0.5, 0.6) is 0 Å². The molecule has 1 N–H and O–H groups in total. The van der Waals surface area contributed by atoms with E-state index >= 15 is 0 Å². The summed E-state index contributed by atoms with van der Waals surface area (Å²) in [5, 5.41) is -0.638. The number of sulfonamides is 2. The highest BCUT2D eigenvalue weighted by Gasteiger charge is 2.34. The Balaban J connectivity index is 2.49. The van der Waals surface area contributed by atoms with Crippen molar-refractivity contribution in [3.63, 3.8) is 0 Å². The lowest BCUT2D eigenvalue weighted by molar-refractivity contribution is -0.137. The normalized spacial score (nSPS) is 13.0. The quantitative estimate of drug-likeness (QED) is 0.743. The minimum atomic E-state index is -4.83. The Hall–Kier alpha value is -1.82. The van der Waals surface area contributed by atoms with Crippen molar-refractivity contribution in [3.05, 3.63) is 52.5 Å². The zero-order chi connectivity index (χ0) is 21.5. The number of alkyl halides is 3. The van der Waals surface area contributed by atoms with Crippen molar-refractivity contribution in [2.45, 2.75) is 22.9 Å². The first-order chi connectivity index (χ1) is 12.7. The van der Waals surface area contributed by atoms with Gasteiger partial charge >= 0.3 is 6.18 Å². The van der Waals surface area contributed by atoms with E-state index in [0.717, 1.165) is 22.5 Å². The second-order valence-electron chi connectivity index (χ2n) is 6.01. The molecule has 0 bridgehead atoms. The van der Waals surface area contributed by atoms with Gasteiger partial charge in [0.05, 0.1) is 26.1 Å². The van der Waals surface area contributed by atoms with E-state index in [0.29, 0.717) is 11.6 Å². The number of benzene rings is 2. The van der Waals surface area contributed by atoms with Gasteiger partial charge in [-0.25, -0.2) is 21.1 Å². The molecule has 2 rings (SSSR count). The maximum Gasteiger partial charge on any atom is 0.417 e. The van der Waals surface area contributed by atoms with Gasteiger partial charge in [-0.15, -0.1) is 0 Å². The van der Waals surface area contributed by atoms with Crippen molar-refractivity contribution in [1.82, 2.24) is 4.31 Å². The third-order valence-electron chi connectivity index (χ3n) is 3.75. The Bertz CT molecular complexity index is 1120. The summed E-state index contributed by atoms with van der Waals surface area (Å²) in [5.41, 5.74) is -1.03. The van der Waals surface area contributed by atoms with Gasteiger partial charge in [-0.05, 0) is 42.8 Å². The van der Waals surface area contributed by atoms with E-state index in [-0.39, 0.29) is 10.6 Å². The van der Waals surface area contributed by atoms with Crippen molar-refractivity contribution in [2.75, 3.05) is 18.8 Å². The molecule has 0 saturated heterocycles. The molecular weight excluding hydrogens is 441 g/mol. The van der Waals surface area contributed by atoms with Crippen LogP contribution in [0.15, 0.2) is 46.2 Å². The van der Waals surface area contributed by atoms with E-state index in [9.17, 15) is 30.0 Å². The van der Waals surface area contributed by atoms with E-state index in [2.05, 4.69) is 4.72 Å². The lowest BCUT2D eigenvalue weighted by atomic mass is 10.2. The molecular formula is C16H16ClF3N2O4S2. The molecule has 0 saturated carbocycles. The van der Waals surface area contributed by atoms with Crippen LogP contribution in [-0.4, -0.2) is 35.2 Å². The number of rotatable bonds is 5. The molecule has 0 fully saturated rings. The first-order valence-electron chi connectivity index (χ1n) is 7.59. The van der Waals surface area contributed by atoms with Gasteiger partial charge in [0.25, 0.3) is 10.0 Å². The molecule has 0 aromatic heterocycles. The molecule has 0 aliphatic rings. The predicted octanol–water partition coefficient (Wildman–Crippen LogP) is 3.72. The molecule has 0 aliphatic heterocycles. The summed E-state index contributed by atoms with van der Waals surface area (Å²) in [6, 6.07) is 5.96. The topological polar surface area (TPSA) is 83.5 Å². The molecule has 0 amide bonds. The molecule has 2 aromatic carbocycles. The van der Waals surface area contributed by atoms with Gasteiger partial charge < -0.3 is 0 Å². The number of halogens is 4. The van der Waals surface area contributed by atoms with Crippen molar-refractivity contribution in [3.8, 4) is 0 Å². The maximum absolute atomic E-state index is 13.0. The van der Waals surface area contributed by atoms with E-state index in [1.54, 1.807) is 0 Å². The maximum atomic E-state index is 13.0. The zero-order valence-corrected chi connectivity index (χ0v) is 17.3. The van der Waals surface area contributed by atoms with Crippen molar-refractivity contribution >= 4 is 37.3 Å². The fourth-order valence-corrected chi connectivity index (χ4v) is 4.69. The molecule has 12 heteroatoms. The number of hydrogen-bond donors (Lipinski definition) is 1. The van der Waals surface area contributed by atoms with Crippen LogP contribution in [0.4, 0.5) is 18.9 Å². The number of anilines is 1. The molecule has 0 atom stereocenters. The van der Waals surface area contributed by atoms with Gasteiger partial charge in [0.2, 0.25) is 10.0 Å². The average molecular weight is 457 g/mol. The summed E-state index contributed by atoms with van der Waals surface area (Å²) in [4.78, 5) is -0.799. The van der Waals surface area contributed by atoms with Gasteiger partial charge in [0.15, 0.2) is 0 Å². The lowest BCUT2D eigenvalue weighted by Crippen LogP contribution is -2.23. The van der Waals surface area contributed by atoms with Crippen LogP contribution in [0.25, 0.3) is 0 Å². The van der Waals surface area contributed by atoms with Crippen molar-refractivity contribution in [2.24, 2.45) is 0 Å². The molecule has 0 spiro atoms. The van der Waals surface area contributed by atoms with Crippen LogP contribution < -0.4 is 4.72 Å². The van der Waals surface area contributed by atoms with Crippen LogP contribution in [-0.2, 0) is 26.2 Å². The average Bonchev–Trinajstić information content (AvgIpc) is 2.55. The Morgan fingerprint density at radius 2 is 1.61 bits per heavy atom. The largest absolute Gasteiger partial charge is 0.417 e. The molecule has 28 heavy (non-hydrogen) atoms. The summed E-state index contributed by atoms with van der Waals surface area (Å²) in [6.07, 6.45) is -4.83. The fraction of sp³-hybridized carbons (Fsp3) is 0.250. The van der Waals surface area contributed by atoms with Crippen LogP contribution >= 0.6 is 11.6 Å². The van der Waals surface area contributed by atoms with Crippen molar-refractivity contribution in [1.29, 1.82) is 0 Å². The molecule has 0 unspecified atom stereocenters. The van der Waals surface area contributed by atoms with Gasteiger partial charge in [-0.2, -0.15) is 13.2 Å². The standard InChI is InChI=1S/C16H16ClF3N2O4S2/c1-10-4-5-11(8-15(10)28(25,26)22(2)3)21-27(23,24)12-6-7-14(17)13(9-12)16(18,19)20/h4-9,21H,1-3H3. The molecule has 154 valence electrons. The molecule has 6 nitrogen and oxygen atoms in total. The first kappa shape index (κ1) is 22.5. The Kier molecular flexibility index (Phi) is 6.05. The first-order valence-corrected chi connectivity index (χ1v) is 10.9. The highest BCUT2D eigenvalue weighted by molar-refractivity contribution is 7.92. The smallest absolute Gasteiger partial charge is 0.280 e. The van der Waals surface area contributed by atoms with Gasteiger partial charge in [-0.3, -0.25) is 4.72 Å². The second kappa shape index (κ2) is 7.54. The van der Waals surface area contributed by atoms with E-state index in [4.69, 9.17) is 11.6 Å². The van der Waals surface area contributed by atoms with Crippen LogP contribution in [0.3, 0.4) is 0 Å². The summed E-state index contributed by atoms with van der Waals surface area (Å²) in [7, 11) is -5.64. The zero-order valence-electron chi connectivity index (χ0n) is 14.9. The summed E-state index contributed by atoms with van der Waals surface area (Å²) in [5.74, 6) is 0. The van der Waals surface area contributed by atoms with Gasteiger partial charge in [-0.1, -0.05) is 17.7 Å². The Labute approximate surface area is 166 Å². The number of nitrogens with zero attached hydrogens (tertiary/aromatic N) is 1. The minimum Gasteiger partial charge on any atom is -0.280 e. The van der Waals surface area contributed by atoms with E-state index in [1.807, 2.05) is 0 Å². The second-order valence-corrected chi connectivity index (χ2v) is 10.2. The van der Waals surface area contributed by atoms with Crippen LogP contribution in [0.1, 0.15) is 11.1 Å².